The predicted molar refractivity (Wildman–Crippen MR) is 208 cm³/mol. The minimum atomic E-state index is 0.483. The molecule has 0 saturated carbocycles. The molecule has 4 heteroatoms. The van der Waals surface area contributed by atoms with Crippen molar-refractivity contribution in [2.45, 2.75) is 90.6 Å². The van der Waals surface area contributed by atoms with Crippen LogP contribution in [0.1, 0.15) is 94.4 Å². The van der Waals surface area contributed by atoms with E-state index in [0.717, 1.165) is 45.6 Å². The van der Waals surface area contributed by atoms with Gasteiger partial charge in [-0.2, -0.15) is 0 Å². The molecule has 48 heavy (non-hydrogen) atoms. The van der Waals surface area contributed by atoms with E-state index in [-0.39, 0.29) is 0 Å². The summed E-state index contributed by atoms with van der Waals surface area (Å²) in [5.74, 6) is 1.41. The van der Waals surface area contributed by atoms with Crippen LogP contribution in [0.4, 0.5) is 0 Å². The average molecular weight is 643 g/mol. The number of nitrogens with one attached hydrogen (secondary N) is 2. The first-order chi connectivity index (χ1) is 23.7. The molecule has 7 rings (SSSR count). The van der Waals surface area contributed by atoms with Gasteiger partial charge in [-0.15, -0.1) is 0 Å². The van der Waals surface area contributed by atoms with E-state index in [9.17, 15) is 0 Å². The Morgan fingerprint density at radius 3 is 1.85 bits per heavy atom. The fourth-order valence-corrected chi connectivity index (χ4v) is 7.45. The van der Waals surface area contributed by atoms with Crippen LogP contribution in [0, 0.1) is 0 Å². The largest absolute Gasteiger partial charge is 0.347 e. The monoisotopic (exact) mass is 642 g/mol. The van der Waals surface area contributed by atoms with E-state index in [2.05, 4.69) is 149 Å². The molecule has 2 aromatic heterocycles. The fourth-order valence-electron chi connectivity index (χ4n) is 7.45. The number of aryl methyl sites for hydroxylation is 2. The number of piperidine rings is 2. The van der Waals surface area contributed by atoms with Gasteiger partial charge in [-0.3, -0.25) is 0 Å². The van der Waals surface area contributed by atoms with Gasteiger partial charge >= 0.3 is 0 Å². The summed E-state index contributed by atoms with van der Waals surface area (Å²) in [5.41, 5.74) is 7.28. The number of para-hydroxylation sites is 2. The summed E-state index contributed by atoms with van der Waals surface area (Å²) in [4.78, 5) is 0. The highest BCUT2D eigenvalue weighted by molar-refractivity contribution is 5.85. The molecule has 2 aliphatic heterocycles. The standard InChI is InChI=1S/C21H24N2.C21H28N2.C2H6/c1-2-6-17(7-3-1)12-15-23-16-20(18-10-13-22-14-11-18)19-8-4-5-9-21(19)23;1-3-4-5-6-9-17(2)23-16-20(18-12-14-22-15-13-18)19-10-7-8-11-21(19)23;1-2/h1-9,16,18,22H,10-15H2;3-8,10-11,16-18,22H,9,12-15H2,1-2H3;1-2H3/b;4-3-,6-5-;. The number of fused-ring (bicyclic) bond motifs is 2. The Labute approximate surface area is 289 Å². The van der Waals surface area contributed by atoms with E-state index >= 15 is 0 Å². The van der Waals surface area contributed by atoms with Gasteiger partial charge in [-0.1, -0.05) is 105 Å². The Balaban J connectivity index is 0.000000179. The molecule has 4 nitrogen and oxygen atoms in total. The topological polar surface area (TPSA) is 33.9 Å². The van der Waals surface area contributed by atoms with Crippen LogP contribution >= 0.6 is 0 Å². The van der Waals surface area contributed by atoms with Gasteiger partial charge in [0.2, 0.25) is 0 Å². The summed E-state index contributed by atoms with van der Waals surface area (Å²) >= 11 is 0. The van der Waals surface area contributed by atoms with Gasteiger partial charge in [0.1, 0.15) is 0 Å². The van der Waals surface area contributed by atoms with Crippen molar-refractivity contribution in [2.24, 2.45) is 0 Å². The van der Waals surface area contributed by atoms with Crippen molar-refractivity contribution in [1.29, 1.82) is 0 Å². The lowest BCUT2D eigenvalue weighted by Crippen LogP contribution is -2.26. The van der Waals surface area contributed by atoms with Crippen molar-refractivity contribution in [3.63, 3.8) is 0 Å². The zero-order valence-electron chi connectivity index (χ0n) is 29.9. The molecule has 2 saturated heterocycles. The van der Waals surface area contributed by atoms with Gasteiger partial charge in [-0.05, 0) is 119 Å². The van der Waals surface area contributed by atoms with E-state index in [1.807, 2.05) is 13.8 Å². The lowest BCUT2D eigenvalue weighted by atomic mass is 9.90. The zero-order valence-corrected chi connectivity index (χ0v) is 29.9. The highest BCUT2D eigenvalue weighted by atomic mass is 15.0. The molecule has 1 unspecified atom stereocenters. The van der Waals surface area contributed by atoms with Crippen molar-refractivity contribution in [3.05, 3.63) is 132 Å². The summed E-state index contributed by atoms with van der Waals surface area (Å²) in [7, 11) is 0. The molecule has 3 aromatic carbocycles. The molecule has 1 atom stereocenters. The normalized spacial score (nSPS) is 16.6. The van der Waals surface area contributed by atoms with Crippen molar-refractivity contribution < 1.29 is 0 Å². The number of hydrogen-bond acceptors (Lipinski definition) is 2. The van der Waals surface area contributed by atoms with E-state index in [1.54, 1.807) is 11.1 Å². The lowest BCUT2D eigenvalue weighted by Gasteiger charge is -2.22. The van der Waals surface area contributed by atoms with Crippen LogP contribution in [0.2, 0.25) is 0 Å². The molecule has 0 amide bonds. The van der Waals surface area contributed by atoms with E-state index in [1.165, 1.54) is 53.1 Å². The maximum absolute atomic E-state index is 3.48. The minimum absolute atomic E-state index is 0.483. The average Bonchev–Trinajstić information content (AvgIpc) is 3.74. The molecule has 0 aliphatic carbocycles. The molecule has 2 aliphatic rings. The number of nitrogens with zero attached hydrogens (tertiary/aromatic N) is 2. The molecule has 0 radical (unpaired) electrons. The first kappa shape index (κ1) is 35.4. The van der Waals surface area contributed by atoms with Crippen LogP contribution in [-0.2, 0) is 13.0 Å². The quantitative estimate of drug-likeness (QED) is 0.157. The zero-order chi connectivity index (χ0) is 33.6. The maximum Gasteiger partial charge on any atom is 0.0485 e. The van der Waals surface area contributed by atoms with Crippen molar-refractivity contribution in [2.75, 3.05) is 26.2 Å². The van der Waals surface area contributed by atoms with Crippen LogP contribution < -0.4 is 10.6 Å². The van der Waals surface area contributed by atoms with Crippen LogP contribution in [0.5, 0.6) is 0 Å². The molecular formula is C44H58N4. The fraction of sp³-hybridized carbons (Fsp3) is 0.409. The molecule has 2 N–H and O–H groups in total. The molecule has 5 aromatic rings. The second-order valence-electron chi connectivity index (χ2n) is 13.1. The second-order valence-corrected chi connectivity index (χ2v) is 13.1. The first-order valence-electron chi connectivity index (χ1n) is 18.6. The third-order valence-corrected chi connectivity index (χ3v) is 10.0. The van der Waals surface area contributed by atoms with E-state index in [4.69, 9.17) is 0 Å². The minimum Gasteiger partial charge on any atom is -0.347 e. The highest BCUT2D eigenvalue weighted by Crippen LogP contribution is 2.35. The summed E-state index contributed by atoms with van der Waals surface area (Å²) in [6.07, 6.45) is 20.6. The van der Waals surface area contributed by atoms with Crippen LogP contribution in [0.15, 0.2) is 116 Å². The Kier molecular flexibility index (Phi) is 13.8. The second kappa shape index (κ2) is 18.6. The number of allylic oxidation sites excluding steroid dienone is 4. The first-order valence-corrected chi connectivity index (χ1v) is 18.6. The van der Waals surface area contributed by atoms with Gasteiger partial charge in [0.05, 0.1) is 0 Å². The Bertz CT molecular complexity index is 1710. The van der Waals surface area contributed by atoms with Crippen molar-refractivity contribution in [1.82, 2.24) is 19.8 Å². The summed E-state index contributed by atoms with van der Waals surface area (Å²) in [6.45, 7) is 14.0. The smallest absolute Gasteiger partial charge is 0.0485 e. The van der Waals surface area contributed by atoms with Gasteiger partial charge < -0.3 is 19.8 Å². The molecule has 0 bridgehead atoms. The molecule has 254 valence electrons. The van der Waals surface area contributed by atoms with Crippen molar-refractivity contribution in [3.8, 4) is 0 Å². The Morgan fingerprint density at radius 2 is 1.23 bits per heavy atom. The lowest BCUT2D eigenvalue weighted by molar-refractivity contribution is 0.460. The summed E-state index contributed by atoms with van der Waals surface area (Å²) in [6, 6.07) is 29.1. The number of hydrogen-bond donors (Lipinski definition) is 2. The summed E-state index contributed by atoms with van der Waals surface area (Å²) < 4.78 is 4.94. The van der Waals surface area contributed by atoms with Crippen LogP contribution in [0.3, 0.4) is 0 Å². The number of benzene rings is 3. The number of aromatic nitrogens is 2. The molecule has 0 spiro atoms. The predicted octanol–water partition coefficient (Wildman–Crippen LogP) is 10.6. The maximum atomic E-state index is 3.48. The molecular weight excluding hydrogens is 585 g/mol. The van der Waals surface area contributed by atoms with Gasteiger partial charge in [-0.25, -0.2) is 0 Å². The van der Waals surface area contributed by atoms with E-state index in [0.29, 0.717) is 17.9 Å². The highest BCUT2D eigenvalue weighted by Gasteiger charge is 2.22. The van der Waals surface area contributed by atoms with Crippen LogP contribution in [-0.4, -0.2) is 35.3 Å². The molecule has 2 fully saturated rings. The SMILES string of the molecule is C/C=C\C=C/CC(C)n1cc(C2CCNCC2)c2ccccc21.CC.c1ccc(CCn2cc(C3CCNCC3)c3ccccc32)cc1. The number of rotatable bonds is 9. The Hall–Kier alpha value is -3.86. The van der Waals surface area contributed by atoms with E-state index < -0.39 is 0 Å². The third kappa shape index (κ3) is 8.98. The summed E-state index contributed by atoms with van der Waals surface area (Å²) in [5, 5.41) is 9.86. The van der Waals surface area contributed by atoms with Gasteiger partial charge in [0.15, 0.2) is 0 Å². The van der Waals surface area contributed by atoms with Crippen molar-refractivity contribution >= 4 is 21.8 Å². The van der Waals surface area contributed by atoms with Gasteiger partial charge in [0.25, 0.3) is 0 Å². The van der Waals surface area contributed by atoms with Crippen LogP contribution in [0.25, 0.3) is 21.8 Å². The molecule has 4 heterocycles. The van der Waals surface area contributed by atoms with Gasteiger partial charge in [0, 0.05) is 46.8 Å². The Morgan fingerprint density at radius 1 is 0.688 bits per heavy atom. The third-order valence-electron chi connectivity index (χ3n) is 10.0.